The molecular formula is C15H17N3O4S. The molecule has 0 unspecified atom stereocenters. The van der Waals surface area contributed by atoms with Crippen LogP contribution in [-0.2, 0) is 11.3 Å². The molecule has 122 valence electrons. The van der Waals surface area contributed by atoms with Gasteiger partial charge in [0.1, 0.15) is 11.0 Å². The highest BCUT2D eigenvalue weighted by molar-refractivity contribution is 7.13. The highest BCUT2D eigenvalue weighted by atomic mass is 32.1. The van der Waals surface area contributed by atoms with Crippen LogP contribution in [0.15, 0.2) is 29.6 Å². The summed E-state index contributed by atoms with van der Waals surface area (Å²) in [4.78, 5) is 25.9. The van der Waals surface area contributed by atoms with E-state index in [0.29, 0.717) is 22.8 Å². The van der Waals surface area contributed by atoms with Crippen LogP contribution in [0.25, 0.3) is 10.6 Å². The maximum atomic E-state index is 11.1. The number of nitrogens with zero attached hydrogens (tertiary/aromatic N) is 2. The van der Waals surface area contributed by atoms with Crippen molar-refractivity contribution < 1.29 is 14.8 Å². The molecule has 2 N–H and O–H groups in total. The predicted molar refractivity (Wildman–Crippen MR) is 87.3 cm³/mol. The van der Waals surface area contributed by atoms with Crippen LogP contribution >= 0.6 is 11.3 Å². The first kappa shape index (κ1) is 17.0. The summed E-state index contributed by atoms with van der Waals surface area (Å²) in [6.45, 7) is 4.00. The Kier molecular flexibility index (Phi) is 5.41. The van der Waals surface area contributed by atoms with Gasteiger partial charge in [0.05, 0.1) is 10.6 Å². The number of non-ortho nitro benzene ring substituents is 1. The number of carboxylic acid groups (broad SMARTS) is 1. The van der Waals surface area contributed by atoms with Gasteiger partial charge in [0.2, 0.25) is 0 Å². The molecule has 0 aliphatic carbocycles. The minimum atomic E-state index is -0.894. The van der Waals surface area contributed by atoms with Gasteiger partial charge in [-0.1, -0.05) is 26.0 Å². The Morgan fingerprint density at radius 3 is 2.83 bits per heavy atom. The molecule has 1 aromatic heterocycles. The zero-order valence-electron chi connectivity index (χ0n) is 12.7. The summed E-state index contributed by atoms with van der Waals surface area (Å²) < 4.78 is 0. The summed E-state index contributed by atoms with van der Waals surface area (Å²) in [6.07, 6.45) is 0. The molecule has 0 amide bonds. The van der Waals surface area contributed by atoms with Crippen LogP contribution in [0.3, 0.4) is 0 Å². The molecule has 1 aromatic carbocycles. The van der Waals surface area contributed by atoms with Crippen molar-refractivity contribution in [1.82, 2.24) is 10.3 Å². The molecule has 0 aliphatic heterocycles. The molecule has 0 saturated heterocycles. The highest BCUT2D eigenvalue weighted by Gasteiger charge is 2.21. The number of nitro groups is 1. The van der Waals surface area contributed by atoms with Gasteiger partial charge in [0, 0.05) is 29.6 Å². The standard InChI is InChI=1S/C15H17N3O4S/c1-9(2)13(15(19)20)16-7-11-8-23-14(17-11)10-4-3-5-12(6-10)18(21)22/h3-6,8-9,13,16H,7H2,1-2H3,(H,19,20)/t13-/m1/s1. The SMILES string of the molecule is CC(C)[C@@H](NCc1csc(-c2cccc([N+](=O)[O-])c2)n1)C(=O)O. The summed E-state index contributed by atoms with van der Waals surface area (Å²) in [5.74, 6) is -0.934. The first-order valence-corrected chi connectivity index (χ1v) is 7.92. The minimum absolute atomic E-state index is 0.0168. The summed E-state index contributed by atoms with van der Waals surface area (Å²) in [7, 11) is 0. The van der Waals surface area contributed by atoms with E-state index in [1.807, 2.05) is 19.2 Å². The number of carboxylic acids is 1. The summed E-state index contributed by atoms with van der Waals surface area (Å²) in [5.41, 5.74) is 1.40. The lowest BCUT2D eigenvalue weighted by Crippen LogP contribution is -2.40. The summed E-state index contributed by atoms with van der Waals surface area (Å²) >= 11 is 1.37. The first-order valence-electron chi connectivity index (χ1n) is 7.04. The van der Waals surface area contributed by atoms with E-state index >= 15 is 0 Å². The van der Waals surface area contributed by atoms with Crippen LogP contribution in [-0.4, -0.2) is 27.0 Å². The van der Waals surface area contributed by atoms with Crippen molar-refractivity contribution in [2.75, 3.05) is 0 Å². The molecule has 0 spiro atoms. The van der Waals surface area contributed by atoms with E-state index in [2.05, 4.69) is 10.3 Å². The molecule has 0 fully saturated rings. The molecule has 2 rings (SSSR count). The number of thiazole rings is 1. The zero-order valence-corrected chi connectivity index (χ0v) is 13.5. The number of nitro benzene ring substituents is 1. The fourth-order valence-electron chi connectivity index (χ4n) is 2.10. The van der Waals surface area contributed by atoms with Crippen molar-refractivity contribution >= 4 is 23.0 Å². The van der Waals surface area contributed by atoms with Crippen molar-refractivity contribution in [2.24, 2.45) is 5.92 Å². The fourth-order valence-corrected chi connectivity index (χ4v) is 2.91. The quantitative estimate of drug-likeness (QED) is 0.595. The van der Waals surface area contributed by atoms with E-state index in [1.54, 1.807) is 12.1 Å². The van der Waals surface area contributed by atoms with E-state index in [0.717, 1.165) is 0 Å². The maximum absolute atomic E-state index is 11.1. The van der Waals surface area contributed by atoms with Gasteiger partial charge in [-0.15, -0.1) is 11.3 Å². The molecule has 8 heteroatoms. The number of nitrogens with one attached hydrogen (secondary N) is 1. The van der Waals surface area contributed by atoms with Crippen molar-refractivity contribution in [3.63, 3.8) is 0 Å². The predicted octanol–water partition coefficient (Wildman–Crippen LogP) is 2.92. The number of rotatable bonds is 7. The molecule has 0 radical (unpaired) electrons. The van der Waals surface area contributed by atoms with Crippen molar-refractivity contribution in [2.45, 2.75) is 26.4 Å². The normalized spacial score (nSPS) is 12.3. The molecular weight excluding hydrogens is 318 g/mol. The molecule has 2 aromatic rings. The second-order valence-corrected chi connectivity index (χ2v) is 6.25. The Hall–Kier alpha value is -2.32. The number of hydrogen-bond acceptors (Lipinski definition) is 6. The molecule has 7 nitrogen and oxygen atoms in total. The molecule has 1 heterocycles. The van der Waals surface area contributed by atoms with Crippen LogP contribution in [0.5, 0.6) is 0 Å². The van der Waals surface area contributed by atoms with Gasteiger partial charge in [-0.25, -0.2) is 4.98 Å². The molecule has 23 heavy (non-hydrogen) atoms. The van der Waals surface area contributed by atoms with Crippen LogP contribution in [0.4, 0.5) is 5.69 Å². The fraction of sp³-hybridized carbons (Fsp3) is 0.333. The first-order chi connectivity index (χ1) is 10.9. The molecule has 0 aliphatic rings. The van der Waals surface area contributed by atoms with Crippen LogP contribution in [0.1, 0.15) is 19.5 Å². The number of carbonyl (C=O) groups is 1. The monoisotopic (exact) mass is 335 g/mol. The maximum Gasteiger partial charge on any atom is 0.320 e. The Labute approximate surface area is 137 Å². The van der Waals surface area contributed by atoms with Crippen LogP contribution in [0.2, 0.25) is 0 Å². The van der Waals surface area contributed by atoms with Gasteiger partial charge in [0.15, 0.2) is 0 Å². The Morgan fingerprint density at radius 2 is 2.22 bits per heavy atom. The number of aromatic nitrogens is 1. The Bertz CT molecular complexity index is 714. The number of aliphatic carboxylic acids is 1. The largest absolute Gasteiger partial charge is 0.480 e. The van der Waals surface area contributed by atoms with Crippen LogP contribution in [0, 0.1) is 16.0 Å². The minimum Gasteiger partial charge on any atom is -0.480 e. The van der Waals surface area contributed by atoms with E-state index in [1.165, 1.54) is 23.5 Å². The number of benzene rings is 1. The lowest BCUT2D eigenvalue weighted by Gasteiger charge is -2.16. The topological polar surface area (TPSA) is 105 Å². The summed E-state index contributed by atoms with van der Waals surface area (Å²) in [5, 5.41) is 25.4. The Morgan fingerprint density at radius 1 is 1.48 bits per heavy atom. The lowest BCUT2D eigenvalue weighted by molar-refractivity contribution is -0.384. The molecule has 1 atom stereocenters. The van der Waals surface area contributed by atoms with Gasteiger partial charge in [-0.2, -0.15) is 0 Å². The van der Waals surface area contributed by atoms with E-state index < -0.39 is 16.9 Å². The average molecular weight is 335 g/mol. The van der Waals surface area contributed by atoms with E-state index in [-0.39, 0.29) is 11.6 Å². The van der Waals surface area contributed by atoms with Crippen molar-refractivity contribution in [3.05, 3.63) is 45.5 Å². The van der Waals surface area contributed by atoms with E-state index in [4.69, 9.17) is 5.11 Å². The van der Waals surface area contributed by atoms with Gasteiger partial charge < -0.3 is 5.11 Å². The average Bonchev–Trinajstić information content (AvgIpc) is 2.95. The second-order valence-electron chi connectivity index (χ2n) is 5.39. The second kappa shape index (κ2) is 7.30. The van der Waals surface area contributed by atoms with Gasteiger partial charge in [0.25, 0.3) is 5.69 Å². The third kappa shape index (κ3) is 4.33. The smallest absolute Gasteiger partial charge is 0.320 e. The van der Waals surface area contributed by atoms with Crippen molar-refractivity contribution in [3.8, 4) is 10.6 Å². The molecule has 0 bridgehead atoms. The zero-order chi connectivity index (χ0) is 17.0. The lowest BCUT2D eigenvalue weighted by atomic mass is 10.1. The third-order valence-electron chi connectivity index (χ3n) is 3.29. The van der Waals surface area contributed by atoms with Gasteiger partial charge in [-0.05, 0) is 5.92 Å². The van der Waals surface area contributed by atoms with Gasteiger partial charge >= 0.3 is 5.97 Å². The van der Waals surface area contributed by atoms with Crippen LogP contribution < -0.4 is 5.32 Å². The number of hydrogen-bond donors (Lipinski definition) is 2. The van der Waals surface area contributed by atoms with E-state index in [9.17, 15) is 14.9 Å². The third-order valence-corrected chi connectivity index (χ3v) is 4.23. The van der Waals surface area contributed by atoms with Gasteiger partial charge in [-0.3, -0.25) is 20.2 Å². The Balaban J connectivity index is 2.10. The summed E-state index contributed by atoms with van der Waals surface area (Å²) in [6, 6.07) is 5.64. The highest BCUT2D eigenvalue weighted by Crippen LogP contribution is 2.26. The molecule has 0 saturated carbocycles. The van der Waals surface area contributed by atoms with Crippen molar-refractivity contribution in [1.29, 1.82) is 0 Å².